The fourth-order valence-electron chi connectivity index (χ4n) is 9.78. The molecule has 2 aliphatic rings. The number of fused-ring (bicyclic) bond motifs is 14. The van der Waals surface area contributed by atoms with Gasteiger partial charge in [-0.05, 0) is 82.7 Å². The number of benzene rings is 8. The molecule has 0 fully saturated rings. The fraction of sp³-hybridized carbons (Fsp3) is 0.0769. The summed E-state index contributed by atoms with van der Waals surface area (Å²) in [6, 6.07) is 65.0. The molecule has 0 unspecified atom stereocenters. The van der Waals surface area contributed by atoms with Gasteiger partial charge in [0.15, 0.2) is 0 Å². The van der Waals surface area contributed by atoms with E-state index in [1.807, 2.05) is 13.8 Å². The minimum atomic E-state index is 0.158. The summed E-state index contributed by atoms with van der Waals surface area (Å²) < 4.78 is 4.96. The van der Waals surface area contributed by atoms with Crippen LogP contribution in [0.1, 0.15) is 36.5 Å². The zero-order valence-corrected chi connectivity index (χ0v) is 30.9. The van der Waals surface area contributed by atoms with Crippen LogP contribution >= 0.6 is 0 Å². The van der Waals surface area contributed by atoms with E-state index in [1.54, 1.807) is 0 Å². The lowest BCUT2D eigenvalue weighted by Gasteiger charge is -2.31. The molecule has 3 nitrogen and oxygen atoms in total. The Labute approximate surface area is 320 Å². The zero-order chi connectivity index (χ0) is 36.6. The molecule has 3 heteroatoms. The first-order chi connectivity index (χ1) is 27.3. The molecule has 0 bridgehead atoms. The number of aromatic nitrogens is 2. The second kappa shape index (κ2) is 12.4. The van der Waals surface area contributed by atoms with Crippen LogP contribution in [0, 0.1) is 0 Å². The van der Waals surface area contributed by atoms with Gasteiger partial charge < -0.3 is 14.0 Å². The molecule has 0 N–H and O–H groups in total. The lowest BCUT2D eigenvalue weighted by atomic mass is 9.79. The van der Waals surface area contributed by atoms with Crippen molar-refractivity contribution in [2.24, 2.45) is 0 Å². The van der Waals surface area contributed by atoms with Gasteiger partial charge in [-0.2, -0.15) is 0 Å². The normalized spacial score (nSPS) is 15.7. The highest BCUT2D eigenvalue weighted by molar-refractivity contribution is 6.25. The third-order valence-electron chi connectivity index (χ3n) is 11.8. The third kappa shape index (κ3) is 4.44. The van der Waals surface area contributed by atoms with E-state index < -0.39 is 0 Å². The van der Waals surface area contributed by atoms with E-state index in [1.165, 1.54) is 93.8 Å². The minimum absolute atomic E-state index is 0.158. The van der Waals surface area contributed by atoms with E-state index in [4.69, 9.17) is 0 Å². The van der Waals surface area contributed by atoms with Crippen molar-refractivity contribution >= 4 is 71.8 Å². The number of anilines is 2. The summed E-state index contributed by atoms with van der Waals surface area (Å²) in [5.74, 6) is 0.167. The Balaban J connectivity index is 0.00000173. The maximum atomic E-state index is 2.58. The molecule has 262 valence electrons. The summed E-state index contributed by atoms with van der Waals surface area (Å²) in [5.41, 5.74) is 13.9. The Hall–Kier alpha value is -6.84. The van der Waals surface area contributed by atoms with Crippen LogP contribution in [-0.2, 0) is 0 Å². The highest BCUT2D eigenvalue weighted by Crippen LogP contribution is 2.56. The first-order valence-corrected chi connectivity index (χ1v) is 19.5. The van der Waals surface area contributed by atoms with Crippen LogP contribution in [-0.4, -0.2) is 15.2 Å². The van der Waals surface area contributed by atoms with Crippen LogP contribution < -0.4 is 4.90 Å². The molecular formula is C52H39N3. The fourth-order valence-corrected chi connectivity index (χ4v) is 9.78. The van der Waals surface area contributed by atoms with Crippen molar-refractivity contribution in [2.45, 2.75) is 25.8 Å². The molecule has 8 aromatic carbocycles. The van der Waals surface area contributed by atoms with Crippen LogP contribution in [0.2, 0.25) is 0 Å². The van der Waals surface area contributed by atoms with Crippen LogP contribution in [0.25, 0.3) is 71.8 Å². The van der Waals surface area contributed by atoms with Crippen molar-refractivity contribution in [1.82, 2.24) is 9.13 Å². The summed E-state index contributed by atoms with van der Waals surface area (Å²) in [7, 11) is 0. The molecule has 10 aromatic rings. The predicted octanol–water partition coefficient (Wildman–Crippen LogP) is 13.7. The Morgan fingerprint density at radius 2 is 1.00 bits per heavy atom. The molecule has 3 heterocycles. The number of hydrogen-bond acceptors (Lipinski definition) is 1. The quantitative estimate of drug-likeness (QED) is 0.178. The largest absolute Gasteiger partial charge is 0.333 e. The molecule has 2 aromatic heterocycles. The summed E-state index contributed by atoms with van der Waals surface area (Å²) in [6.07, 6.45) is 4.76. The molecule has 0 amide bonds. The monoisotopic (exact) mass is 705 g/mol. The molecule has 0 saturated heterocycles. The molecule has 1 aliphatic heterocycles. The van der Waals surface area contributed by atoms with Gasteiger partial charge in [0.05, 0.1) is 33.8 Å². The summed E-state index contributed by atoms with van der Waals surface area (Å²) in [5, 5.41) is 7.71. The van der Waals surface area contributed by atoms with Gasteiger partial charge in [0.1, 0.15) is 0 Å². The standard InChI is InChI=1S/C50H33N3.C2H6/c1-3-15-33(16-4-1)51-43-28-26-32-14-7-8-19-35(32)47(43)49-45(51)30-31-46-50(49)48-39-22-13-25-42(38(39)27-29-44(48)52(46)34-17-5-2-6-18-34)53-40-23-11-9-20-36(40)37-21-10-12-24-41(37)53;1-2/h1-31,43,47H;1-2H3/t43-,47+;/m1./s1. The Bertz CT molecular complexity index is 3080. The van der Waals surface area contributed by atoms with Gasteiger partial charge in [0.25, 0.3) is 0 Å². The average molecular weight is 706 g/mol. The molecular weight excluding hydrogens is 667 g/mol. The zero-order valence-electron chi connectivity index (χ0n) is 30.9. The third-order valence-corrected chi connectivity index (χ3v) is 11.8. The first-order valence-electron chi connectivity index (χ1n) is 19.5. The highest BCUT2D eigenvalue weighted by Gasteiger charge is 2.43. The maximum absolute atomic E-state index is 2.58. The topological polar surface area (TPSA) is 13.1 Å². The van der Waals surface area contributed by atoms with Gasteiger partial charge in [-0.25, -0.2) is 0 Å². The number of para-hydroxylation sites is 4. The maximum Gasteiger partial charge on any atom is 0.0636 e. The molecule has 1 aliphatic carbocycles. The van der Waals surface area contributed by atoms with Crippen LogP contribution in [0.15, 0.2) is 182 Å². The van der Waals surface area contributed by atoms with Crippen molar-refractivity contribution in [3.8, 4) is 11.4 Å². The van der Waals surface area contributed by atoms with E-state index in [-0.39, 0.29) is 12.0 Å². The minimum Gasteiger partial charge on any atom is -0.333 e. The Morgan fingerprint density at radius 3 is 1.75 bits per heavy atom. The van der Waals surface area contributed by atoms with Gasteiger partial charge >= 0.3 is 0 Å². The predicted molar refractivity (Wildman–Crippen MR) is 234 cm³/mol. The number of nitrogens with zero attached hydrogens (tertiary/aromatic N) is 3. The number of rotatable bonds is 3. The lowest BCUT2D eigenvalue weighted by Crippen LogP contribution is -2.30. The molecule has 2 atom stereocenters. The van der Waals surface area contributed by atoms with Crippen molar-refractivity contribution in [3.63, 3.8) is 0 Å². The van der Waals surface area contributed by atoms with E-state index >= 15 is 0 Å². The van der Waals surface area contributed by atoms with Crippen LogP contribution in [0.4, 0.5) is 11.4 Å². The Morgan fingerprint density at radius 1 is 0.400 bits per heavy atom. The van der Waals surface area contributed by atoms with E-state index in [2.05, 4.69) is 202 Å². The SMILES string of the molecule is C1=C[C@@H]2[C@H](c3ccccc31)c1c(ccc3c1c1c4cccc(-n5c6ccccc6c6ccccc65)c4ccc1n3-c1ccccc1)N2c1ccccc1.CC. The Kier molecular flexibility index (Phi) is 7.12. The van der Waals surface area contributed by atoms with Gasteiger partial charge in [-0.1, -0.05) is 141 Å². The van der Waals surface area contributed by atoms with Gasteiger partial charge in [0, 0.05) is 49.9 Å². The van der Waals surface area contributed by atoms with E-state index in [9.17, 15) is 0 Å². The van der Waals surface area contributed by atoms with Gasteiger partial charge in [0.2, 0.25) is 0 Å². The number of hydrogen-bond donors (Lipinski definition) is 0. The van der Waals surface area contributed by atoms with Crippen LogP contribution in [0.3, 0.4) is 0 Å². The molecule has 55 heavy (non-hydrogen) atoms. The molecule has 0 spiro atoms. The van der Waals surface area contributed by atoms with Crippen molar-refractivity contribution in [1.29, 1.82) is 0 Å². The van der Waals surface area contributed by atoms with Gasteiger partial charge in [-0.3, -0.25) is 0 Å². The lowest BCUT2D eigenvalue weighted by molar-refractivity contribution is 0.727. The van der Waals surface area contributed by atoms with Crippen molar-refractivity contribution in [3.05, 3.63) is 199 Å². The summed E-state index contributed by atoms with van der Waals surface area (Å²) >= 11 is 0. The average Bonchev–Trinajstić information content (AvgIpc) is 3.91. The second-order valence-electron chi connectivity index (χ2n) is 14.4. The molecule has 12 rings (SSSR count). The second-order valence-corrected chi connectivity index (χ2v) is 14.4. The summed E-state index contributed by atoms with van der Waals surface area (Å²) in [4.78, 5) is 2.58. The van der Waals surface area contributed by atoms with Gasteiger partial charge in [-0.15, -0.1) is 0 Å². The molecule has 0 saturated carbocycles. The van der Waals surface area contributed by atoms with Crippen molar-refractivity contribution in [2.75, 3.05) is 4.90 Å². The first kappa shape index (κ1) is 31.7. The van der Waals surface area contributed by atoms with E-state index in [0.29, 0.717) is 0 Å². The smallest absolute Gasteiger partial charge is 0.0636 e. The summed E-state index contributed by atoms with van der Waals surface area (Å²) in [6.45, 7) is 4.00. The van der Waals surface area contributed by atoms with Crippen molar-refractivity contribution < 1.29 is 0 Å². The molecule has 0 radical (unpaired) electrons. The van der Waals surface area contributed by atoms with E-state index in [0.717, 1.165) is 0 Å². The highest BCUT2D eigenvalue weighted by atomic mass is 15.2. The van der Waals surface area contributed by atoms with Crippen LogP contribution in [0.5, 0.6) is 0 Å².